The molecule has 0 radical (unpaired) electrons. The van der Waals surface area contributed by atoms with Crippen LogP contribution in [-0.2, 0) is 0 Å². The number of benzene rings is 1. The van der Waals surface area contributed by atoms with Gasteiger partial charge in [-0.25, -0.2) is 4.98 Å². The van der Waals surface area contributed by atoms with Crippen molar-refractivity contribution in [3.05, 3.63) is 139 Å². The summed E-state index contributed by atoms with van der Waals surface area (Å²) in [5.41, 5.74) is 11.2. The molecule has 0 saturated heterocycles. The van der Waals surface area contributed by atoms with Crippen molar-refractivity contribution in [2.75, 3.05) is 5.32 Å². The van der Waals surface area contributed by atoms with Crippen LogP contribution < -0.4 is 5.32 Å². The lowest BCUT2D eigenvalue weighted by Gasteiger charge is -2.11. The summed E-state index contributed by atoms with van der Waals surface area (Å²) in [6.45, 7) is 10.1. The Morgan fingerprint density at radius 1 is 0.900 bits per heavy atom. The Bertz CT molecular complexity index is 1860. The minimum atomic E-state index is 0.711. The number of aromatic nitrogens is 6. The normalized spacial score (nSPS) is 11.5. The van der Waals surface area contributed by atoms with E-state index in [4.69, 9.17) is 0 Å². The molecule has 40 heavy (non-hydrogen) atoms. The quantitative estimate of drug-likeness (QED) is 0.181. The Morgan fingerprint density at radius 2 is 1.70 bits per heavy atom. The van der Waals surface area contributed by atoms with Crippen LogP contribution in [0.2, 0.25) is 0 Å². The summed E-state index contributed by atoms with van der Waals surface area (Å²) in [6, 6.07) is 20.2. The van der Waals surface area contributed by atoms with Crippen molar-refractivity contribution >= 4 is 28.0 Å². The highest BCUT2D eigenvalue weighted by Crippen LogP contribution is 2.34. The van der Waals surface area contributed by atoms with Gasteiger partial charge in [0.1, 0.15) is 5.69 Å². The lowest BCUT2D eigenvalue weighted by Crippen LogP contribution is -1.98. The van der Waals surface area contributed by atoms with Gasteiger partial charge in [0.2, 0.25) is 0 Å². The van der Waals surface area contributed by atoms with Gasteiger partial charge >= 0.3 is 0 Å². The zero-order valence-electron chi connectivity index (χ0n) is 22.0. The topological polar surface area (TPSA) is 95.2 Å². The minimum absolute atomic E-state index is 0.711. The summed E-state index contributed by atoms with van der Waals surface area (Å²) >= 11 is 0. The van der Waals surface area contributed by atoms with Crippen molar-refractivity contribution in [2.24, 2.45) is 0 Å². The number of hydrogen-bond acceptors (Lipinski definition) is 5. The third kappa shape index (κ3) is 4.83. The minimum Gasteiger partial charge on any atom is -0.357 e. The highest BCUT2D eigenvalue weighted by atomic mass is 15.2. The molecule has 0 aliphatic carbocycles. The van der Waals surface area contributed by atoms with Crippen molar-refractivity contribution in [1.82, 2.24) is 30.1 Å². The standard InChI is InChI=1S/C33H27N7/c1-4-8-28(24-11-13-34-14-12-24)29-17-31(38-22(29)3)32-30-16-26(19-36-33(30)40-39-32)25-15-27(20-35-18-25)37-21(2)23-9-6-5-7-10-23/h4-20,37-38H,1-2H2,3H3,(H,36,39,40)/b28-8-. The summed E-state index contributed by atoms with van der Waals surface area (Å²) in [6.07, 6.45) is 12.8. The molecule has 0 unspecified atom stereocenters. The molecular weight excluding hydrogens is 494 g/mol. The first-order valence-corrected chi connectivity index (χ1v) is 12.8. The predicted octanol–water partition coefficient (Wildman–Crippen LogP) is 7.42. The fourth-order valence-electron chi connectivity index (χ4n) is 4.77. The number of pyridine rings is 3. The molecule has 0 amide bonds. The van der Waals surface area contributed by atoms with Gasteiger partial charge in [0.15, 0.2) is 5.65 Å². The van der Waals surface area contributed by atoms with E-state index in [1.165, 1.54) is 0 Å². The van der Waals surface area contributed by atoms with Crippen LogP contribution in [0.1, 0.15) is 22.4 Å². The molecule has 1 aromatic carbocycles. The van der Waals surface area contributed by atoms with Crippen LogP contribution in [0.3, 0.4) is 0 Å². The summed E-state index contributed by atoms with van der Waals surface area (Å²) < 4.78 is 0. The Labute approximate surface area is 232 Å². The molecule has 0 atom stereocenters. The van der Waals surface area contributed by atoms with Crippen LogP contribution >= 0.6 is 0 Å². The Morgan fingerprint density at radius 3 is 2.50 bits per heavy atom. The van der Waals surface area contributed by atoms with Crippen LogP contribution in [0.15, 0.2) is 117 Å². The number of hydrogen-bond donors (Lipinski definition) is 3. The molecule has 5 heterocycles. The first-order chi connectivity index (χ1) is 19.6. The lowest BCUT2D eigenvalue weighted by atomic mass is 9.98. The molecule has 0 saturated carbocycles. The van der Waals surface area contributed by atoms with Crippen molar-refractivity contribution < 1.29 is 0 Å². The van der Waals surface area contributed by atoms with E-state index in [0.29, 0.717) is 5.65 Å². The number of aromatic amines is 2. The number of fused-ring (bicyclic) bond motifs is 1. The van der Waals surface area contributed by atoms with E-state index in [9.17, 15) is 0 Å². The van der Waals surface area contributed by atoms with Gasteiger partial charge in [-0.2, -0.15) is 5.10 Å². The maximum Gasteiger partial charge on any atom is 0.155 e. The van der Waals surface area contributed by atoms with Gasteiger partial charge in [-0.1, -0.05) is 55.6 Å². The summed E-state index contributed by atoms with van der Waals surface area (Å²) in [4.78, 5) is 16.8. The van der Waals surface area contributed by atoms with Crippen LogP contribution in [0.5, 0.6) is 0 Å². The average molecular weight is 522 g/mol. The van der Waals surface area contributed by atoms with Crippen molar-refractivity contribution in [2.45, 2.75) is 6.92 Å². The fraction of sp³-hybridized carbons (Fsp3) is 0.0303. The SMILES string of the molecule is C=C/C=C(/c1ccncc1)c1cc(-c2n[nH]c3ncc(-c4cncc(NC(=C)c5ccccc5)c4)cc23)[nH]c1C. The second-order valence-electron chi connectivity index (χ2n) is 9.40. The average Bonchev–Trinajstić information content (AvgIpc) is 3.59. The Hall–Kier alpha value is -5.56. The molecule has 5 aromatic heterocycles. The number of allylic oxidation sites excluding steroid dienone is 2. The molecule has 0 spiro atoms. The van der Waals surface area contributed by atoms with Crippen LogP contribution in [0.4, 0.5) is 5.69 Å². The maximum atomic E-state index is 4.65. The number of H-pyrrole nitrogens is 2. The van der Waals surface area contributed by atoms with Gasteiger partial charge in [-0.15, -0.1) is 0 Å². The van der Waals surface area contributed by atoms with E-state index >= 15 is 0 Å². The van der Waals surface area contributed by atoms with Gasteiger partial charge in [0.25, 0.3) is 0 Å². The maximum absolute atomic E-state index is 4.65. The smallest absolute Gasteiger partial charge is 0.155 e. The Kier molecular flexibility index (Phi) is 6.60. The number of nitrogens with one attached hydrogen (secondary N) is 3. The van der Waals surface area contributed by atoms with E-state index in [-0.39, 0.29) is 0 Å². The molecule has 6 aromatic rings. The molecule has 0 aliphatic rings. The van der Waals surface area contributed by atoms with E-state index < -0.39 is 0 Å². The second kappa shape index (κ2) is 10.7. The Balaban J connectivity index is 1.34. The largest absolute Gasteiger partial charge is 0.357 e. The van der Waals surface area contributed by atoms with Crippen molar-refractivity contribution in [3.63, 3.8) is 0 Å². The summed E-state index contributed by atoms with van der Waals surface area (Å²) in [7, 11) is 0. The van der Waals surface area contributed by atoms with Crippen LogP contribution in [-0.4, -0.2) is 30.1 Å². The van der Waals surface area contributed by atoms with E-state index in [1.54, 1.807) is 24.7 Å². The van der Waals surface area contributed by atoms with E-state index in [2.05, 4.69) is 67.7 Å². The van der Waals surface area contributed by atoms with Gasteiger partial charge in [-0.3, -0.25) is 15.1 Å². The molecule has 0 bridgehead atoms. The van der Waals surface area contributed by atoms with Gasteiger partial charge < -0.3 is 10.3 Å². The van der Waals surface area contributed by atoms with Gasteiger partial charge in [0, 0.05) is 58.3 Å². The zero-order chi connectivity index (χ0) is 27.5. The number of nitrogens with zero attached hydrogens (tertiary/aromatic N) is 4. The fourth-order valence-corrected chi connectivity index (χ4v) is 4.77. The summed E-state index contributed by atoms with van der Waals surface area (Å²) in [5, 5.41) is 12.0. The van der Waals surface area contributed by atoms with E-state index in [1.807, 2.05) is 67.0 Å². The van der Waals surface area contributed by atoms with Crippen LogP contribution in [0, 0.1) is 6.92 Å². The third-order valence-corrected chi connectivity index (χ3v) is 6.74. The first kappa shape index (κ1) is 24.8. The monoisotopic (exact) mass is 521 g/mol. The van der Waals surface area contributed by atoms with Crippen molar-refractivity contribution in [3.8, 4) is 22.5 Å². The lowest BCUT2D eigenvalue weighted by molar-refractivity contribution is 1.09. The zero-order valence-corrected chi connectivity index (χ0v) is 22.0. The van der Waals surface area contributed by atoms with Gasteiger partial charge in [0.05, 0.1) is 17.6 Å². The van der Waals surface area contributed by atoms with Crippen molar-refractivity contribution in [1.29, 1.82) is 0 Å². The molecule has 7 heteroatoms. The number of anilines is 1. The first-order valence-electron chi connectivity index (χ1n) is 12.8. The molecule has 194 valence electrons. The number of rotatable bonds is 8. The number of aryl methyl sites for hydroxylation is 1. The second-order valence-corrected chi connectivity index (χ2v) is 9.40. The molecule has 6 rings (SSSR count). The highest BCUT2D eigenvalue weighted by molar-refractivity contribution is 5.94. The molecule has 3 N–H and O–H groups in total. The van der Waals surface area contributed by atoms with Gasteiger partial charge in [-0.05, 0) is 54.0 Å². The molecule has 0 fully saturated rings. The van der Waals surface area contributed by atoms with E-state index in [0.717, 1.165) is 67.2 Å². The van der Waals surface area contributed by atoms with Crippen LogP contribution in [0.25, 0.3) is 44.8 Å². The summed E-state index contributed by atoms with van der Waals surface area (Å²) in [5.74, 6) is 0. The highest BCUT2D eigenvalue weighted by Gasteiger charge is 2.17. The molecule has 7 nitrogen and oxygen atoms in total. The molecular formula is C33H27N7. The third-order valence-electron chi connectivity index (χ3n) is 6.74. The predicted molar refractivity (Wildman–Crippen MR) is 162 cm³/mol. The molecule has 0 aliphatic heterocycles.